The molecular formula is C21H28N6O3. The molecule has 0 radical (unpaired) electrons. The highest BCUT2D eigenvalue weighted by Gasteiger charge is 2.29. The minimum absolute atomic E-state index is 0.0768. The summed E-state index contributed by atoms with van der Waals surface area (Å²) in [5, 5.41) is 7.25. The molecule has 160 valence electrons. The number of fused-ring (bicyclic) bond motifs is 1. The van der Waals surface area contributed by atoms with E-state index in [4.69, 9.17) is 0 Å². The minimum atomic E-state index is -0.291. The Kier molecular flexibility index (Phi) is 5.96. The fourth-order valence-corrected chi connectivity index (χ4v) is 4.22. The van der Waals surface area contributed by atoms with Crippen LogP contribution in [0.1, 0.15) is 43.6 Å². The molecule has 2 aromatic rings. The summed E-state index contributed by atoms with van der Waals surface area (Å²) >= 11 is 0. The first kappa shape index (κ1) is 20.3. The summed E-state index contributed by atoms with van der Waals surface area (Å²) < 4.78 is 2.98. The first-order valence-corrected chi connectivity index (χ1v) is 10.7. The van der Waals surface area contributed by atoms with Crippen molar-refractivity contribution in [2.75, 3.05) is 18.4 Å². The summed E-state index contributed by atoms with van der Waals surface area (Å²) in [6.45, 7) is 3.40. The molecule has 2 aromatic heterocycles. The first-order chi connectivity index (χ1) is 14.5. The van der Waals surface area contributed by atoms with E-state index in [0.29, 0.717) is 25.5 Å². The number of piperidine rings is 1. The van der Waals surface area contributed by atoms with Crippen LogP contribution in [0.4, 0.5) is 5.82 Å². The molecule has 0 bridgehead atoms. The largest absolute Gasteiger partial charge is 0.346 e. The number of hydrogen-bond acceptors (Lipinski definition) is 5. The highest BCUT2D eigenvalue weighted by Crippen LogP contribution is 2.19. The van der Waals surface area contributed by atoms with Crippen LogP contribution < -0.4 is 11.0 Å². The second-order valence-corrected chi connectivity index (χ2v) is 8.15. The van der Waals surface area contributed by atoms with Gasteiger partial charge in [-0.2, -0.15) is 5.10 Å². The van der Waals surface area contributed by atoms with E-state index in [1.807, 2.05) is 19.1 Å². The van der Waals surface area contributed by atoms with Crippen molar-refractivity contribution in [2.24, 2.45) is 5.92 Å². The van der Waals surface area contributed by atoms with Gasteiger partial charge in [0.1, 0.15) is 18.2 Å². The molecule has 1 saturated heterocycles. The lowest BCUT2D eigenvalue weighted by molar-refractivity contribution is -0.135. The normalized spacial score (nSPS) is 19.1. The quantitative estimate of drug-likeness (QED) is 0.817. The minimum Gasteiger partial charge on any atom is -0.340 e. The lowest BCUT2D eigenvalue weighted by atomic mass is 9.97. The molecule has 1 N–H and O–H groups in total. The van der Waals surface area contributed by atoms with Gasteiger partial charge in [-0.1, -0.05) is 12.5 Å². The number of nitrogens with one attached hydrogen (secondary N) is 1. The SMILES string of the molecule is Cc1cccc(NC(=O)C2CCCN(C(=O)Cn3nc4n(c3=O)CCCCC4)C2)n1. The molecule has 1 atom stereocenters. The number of nitrogens with zero attached hydrogens (tertiary/aromatic N) is 5. The fraction of sp³-hybridized carbons (Fsp3) is 0.571. The predicted octanol–water partition coefficient (Wildman–Crippen LogP) is 1.35. The molecule has 4 rings (SSSR count). The third-order valence-corrected chi connectivity index (χ3v) is 5.85. The van der Waals surface area contributed by atoms with Crippen molar-refractivity contribution in [3.8, 4) is 0 Å². The molecule has 2 aliphatic rings. The molecule has 9 nitrogen and oxygen atoms in total. The summed E-state index contributed by atoms with van der Waals surface area (Å²) in [5.41, 5.74) is 0.620. The van der Waals surface area contributed by atoms with Crippen LogP contribution in [0.2, 0.25) is 0 Å². The number of aryl methyl sites for hydroxylation is 2. The molecule has 1 fully saturated rings. The Morgan fingerprint density at radius 2 is 2.03 bits per heavy atom. The average molecular weight is 412 g/mol. The number of likely N-dealkylation sites (tertiary alicyclic amines) is 1. The molecule has 0 aromatic carbocycles. The molecule has 0 aliphatic carbocycles. The Balaban J connectivity index is 1.39. The van der Waals surface area contributed by atoms with Crippen LogP contribution in [0, 0.1) is 12.8 Å². The van der Waals surface area contributed by atoms with Crippen LogP contribution in [0.3, 0.4) is 0 Å². The van der Waals surface area contributed by atoms with Gasteiger partial charge in [-0.15, -0.1) is 0 Å². The Labute approximate surface area is 175 Å². The van der Waals surface area contributed by atoms with Crippen LogP contribution in [0.25, 0.3) is 0 Å². The van der Waals surface area contributed by atoms with Gasteiger partial charge >= 0.3 is 5.69 Å². The second-order valence-electron chi connectivity index (χ2n) is 8.15. The summed E-state index contributed by atoms with van der Waals surface area (Å²) in [6.07, 6.45) is 5.32. The molecule has 1 unspecified atom stereocenters. The number of amides is 2. The zero-order valence-electron chi connectivity index (χ0n) is 17.3. The van der Waals surface area contributed by atoms with Crippen LogP contribution in [0.15, 0.2) is 23.0 Å². The van der Waals surface area contributed by atoms with Crippen LogP contribution in [-0.2, 0) is 29.1 Å². The number of hydrogen-bond donors (Lipinski definition) is 1. The van der Waals surface area contributed by atoms with Gasteiger partial charge in [0.05, 0.1) is 5.92 Å². The summed E-state index contributed by atoms with van der Waals surface area (Å²) in [7, 11) is 0. The smallest absolute Gasteiger partial charge is 0.340 e. The van der Waals surface area contributed by atoms with Crippen molar-refractivity contribution in [3.05, 3.63) is 40.2 Å². The molecule has 0 spiro atoms. The Morgan fingerprint density at radius 1 is 1.17 bits per heavy atom. The van der Waals surface area contributed by atoms with Gasteiger partial charge in [0.25, 0.3) is 0 Å². The lowest BCUT2D eigenvalue weighted by Crippen LogP contribution is -2.45. The molecule has 30 heavy (non-hydrogen) atoms. The van der Waals surface area contributed by atoms with E-state index in [1.165, 1.54) is 4.68 Å². The number of rotatable bonds is 4. The summed E-state index contributed by atoms with van der Waals surface area (Å²) in [4.78, 5) is 44.1. The van der Waals surface area contributed by atoms with E-state index in [-0.39, 0.29) is 30.0 Å². The zero-order valence-corrected chi connectivity index (χ0v) is 17.3. The van der Waals surface area contributed by atoms with Crippen molar-refractivity contribution >= 4 is 17.6 Å². The monoisotopic (exact) mass is 412 g/mol. The average Bonchev–Trinajstić information content (AvgIpc) is 2.90. The maximum Gasteiger partial charge on any atom is 0.346 e. The van der Waals surface area contributed by atoms with E-state index in [2.05, 4.69) is 15.4 Å². The number of pyridine rings is 1. The van der Waals surface area contributed by atoms with Gasteiger partial charge in [-0.05, 0) is 44.7 Å². The Morgan fingerprint density at radius 3 is 2.87 bits per heavy atom. The van der Waals surface area contributed by atoms with Crippen LogP contribution >= 0.6 is 0 Å². The topological polar surface area (TPSA) is 102 Å². The van der Waals surface area contributed by atoms with Crippen molar-refractivity contribution < 1.29 is 9.59 Å². The van der Waals surface area contributed by atoms with E-state index < -0.39 is 0 Å². The number of carbonyl (C=O) groups excluding carboxylic acids is 2. The van der Waals surface area contributed by atoms with Crippen LogP contribution in [0.5, 0.6) is 0 Å². The van der Waals surface area contributed by atoms with E-state index in [0.717, 1.165) is 50.0 Å². The van der Waals surface area contributed by atoms with Crippen molar-refractivity contribution in [3.63, 3.8) is 0 Å². The number of anilines is 1. The number of carbonyl (C=O) groups is 2. The number of aromatic nitrogens is 4. The second kappa shape index (κ2) is 8.81. The van der Waals surface area contributed by atoms with E-state index >= 15 is 0 Å². The van der Waals surface area contributed by atoms with E-state index in [1.54, 1.807) is 15.5 Å². The molecule has 9 heteroatoms. The standard InChI is InChI=1S/C21H28N6O3/c1-15-7-5-9-17(22-15)23-20(29)16-8-6-11-25(13-16)19(28)14-27-21(30)26-12-4-2-3-10-18(26)24-27/h5,7,9,16H,2-4,6,8,10-14H2,1H3,(H,22,23,29). The van der Waals surface area contributed by atoms with Gasteiger partial charge < -0.3 is 10.2 Å². The van der Waals surface area contributed by atoms with Gasteiger partial charge in [0.15, 0.2) is 0 Å². The molecule has 4 heterocycles. The third-order valence-electron chi connectivity index (χ3n) is 5.85. The predicted molar refractivity (Wildman–Crippen MR) is 111 cm³/mol. The molecule has 2 aliphatic heterocycles. The van der Waals surface area contributed by atoms with Crippen LogP contribution in [-0.4, -0.2) is 49.1 Å². The molecule has 2 amide bonds. The fourth-order valence-electron chi connectivity index (χ4n) is 4.22. The Hall–Kier alpha value is -2.97. The highest BCUT2D eigenvalue weighted by molar-refractivity contribution is 5.92. The maximum absolute atomic E-state index is 12.8. The first-order valence-electron chi connectivity index (χ1n) is 10.7. The molecular weight excluding hydrogens is 384 g/mol. The lowest BCUT2D eigenvalue weighted by Gasteiger charge is -2.32. The zero-order chi connectivity index (χ0) is 21.1. The van der Waals surface area contributed by atoms with E-state index in [9.17, 15) is 14.4 Å². The van der Waals surface area contributed by atoms with Gasteiger partial charge in [0, 0.05) is 31.7 Å². The van der Waals surface area contributed by atoms with Gasteiger partial charge in [-0.3, -0.25) is 14.2 Å². The highest BCUT2D eigenvalue weighted by atomic mass is 16.2. The van der Waals surface area contributed by atoms with Crippen molar-refractivity contribution in [1.82, 2.24) is 24.2 Å². The van der Waals surface area contributed by atoms with Gasteiger partial charge in [-0.25, -0.2) is 14.5 Å². The van der Waals surface area contributed by atoms with Gasteiger partial charge in [0.2, 0.25) is 11.8 Å². The maximum atomic E-state index is 12.8. The Bertz CT molecular complexity index is 995. The molecule has 0 saturated carbocycles. The van der Waals surface area contributed by atoms with Crippen molar-refractivity contribution in [2.45, 2.75) is 58.5 Å². The van der Waals surface area contributed by atoms with Crippen molar-refractivity contribution in [1.29, 1.82) is 0 Å². The third kappa shape index (κ3) is 4.44. The summed E-state index contributed by atoms with van der Waals surface area (Å²) in [6, 6.07) is 5.47. The summed E-state index contributed by atoms with van der Waals surface area (Å²) in [5.74, 6) is 0.704.